The first kappa shape index (κ1) is 14.8. The van der Waals surface area contributed by atoms with Crippen LogP contribution in [0, 0.1) is 0 Å². The second-order valence-corrected chi connectivity index (χ2v) is 6.83. The van der Waals surface area contributed by atoms with E-state index < -0.39 is 0 Å². The molecule has 0 amide bonds. The van der Waals surface area contributed by atoms with Gasteiger partial charge in [0.1, 0.15) is 5.82 Å². The highest BCUT2D eigenvalue weighted by Crippen LogP contribution is 2.26. The first-order valence-electron chi connectivity index (χ1n) is 8.15. The lowest BCUT2D eigenvalue weighted by Gasteiger charge is -2.17. The molecule has 1 unspecified atom stereocenters. The molecule has 1 atom stereocenters. The molecule has 0 bridgehead atoms. The fourth-order valence-corrected chi connectivity index (χ4v) is 3.81. The van der Waals surface area contributed by atoms with Crippen molar-refractivity contribution in [3.63, 3.8) is 0 Å². The van der Waals surface area contributed by atoms with Crippen LogP contribution in [0.5, 0.6) is 0 Å². The Bertz CT molecular complexity index is 819. The van der Waals surface area contributed by atoms with Gasteiger partial charge in [0.2, 0.25) is 0 Å². The van der Waals surface area contributed by atoms with Crippen LogP contribution in [0.1, 0.15) is 18.2 Å². The van der Waals surface area contributed by atoms with Gasteiger partial charge in [0, 0.05) is 67.1 Å². The summed E-state index contributed by atoms with van der Waals surface area (Å²) in [5, 5.41) is 2.01. The molecule has 0 radical (unpaired) electrons. The Hall–Kier alpha value is -1.78. The molecule has 1 aliphatic rings. The number of aromatic nitrogens is 3. The van der Waals surface area contributed by atoms with Crippen LogP contribution >= 0.6 is 11.6 Å². The molecule has 5 heteroatoms. The van der Waals surface area contributed by atoms with Crippen LogP contribution in [0.4, 0.5) is 0 Å². The van der Waals surface area contributed by atoms with E-state index in [0.717, 1.165) is 31.2 Å². The normalized spacial score (nSPS) is 19.0. The lowest BCUT2D eigenvalue weighted by molar-refractivity contribution is 0.319. The summed E-state index contributed by atoms with van der Waals surface area (Å²) in [7, 11) is 2.09. The van der Waals surface area contributed by atoms with Gasteiger partial charge in [0.05, 0.1) is 0 Å². The summed E-state index contributed by atoms with van der Waals surface area (Å²) in [6.07, 6.45) is 7.30. The third-order valence-corrected chi connectivity index (χ3v) is 5.12. The van der Waals surface area contributed by atoms with E-state index in [0.29, 0.717) is 5.92 Å². The molecule has 2 aromatic heterocycles. The number of halogens is 1. The van der Waals surface area contributed by atoms with E-state index in [1.165, 1.54) is 23.1 Å². The van der Waals surface area contributed by atoms with E-state index in [-0.39, 0.29) is 0 Å². The van der Waals surface area contributed by atoms with Crippen molar-refractivity contribution in [1.29, 1.82) is 0 Å². The predicted octanol–water partition coefficient (Wildman–Crippen LogP) is 3.52. The topological polar surface area (TPSA) is 26.0 Å². The minimum Gasteiger partial charge on any atom is -0.346 e. The number of hydrogen-bond acceptors (Lipinski definition) is 2. The Kier molecular flexibility index (Phi) is 3.87. The van der Waals surface area contributed by atoms with Crippen molar-refractivity contribution in [3.05, 3.63) is 53.7 Å². The standard InChI is InChI=1S/C18H21ClN4/c1-21-9-6-20-18(21)15-4-7-22(13-15)10-11-23-8-5-14-12-16(19)2-3-17(14)23/h2-3,5-6,8-9,12,15H,4,7,10-11,13H2,1H3. The maximum atomic E-state index is 6.06. The number of hydrogen-bond donors (Lipinski definition) is 0. The van der Waals surface area contributed by atoms with Gasteiger partial charge in [-0.05, 0) is 37.2 Å². The summed E-state index contributed by atoms with van der Waals surface area (Å²) in [5.41, 5.74) is 1.26. The van der Waals surface area contributed by atoms with E-state index >= 15 is 0 Å². The second-order valence-electron chi connectivity index (χ2n) is 6.39. The van der Waals surface area contributed by atoms with Gasteiger partial charge in [-0.3, -0.25) is 0 Å². The van der Waals surface area contributed by atoms with Crippen LogP contribution < -0.4 is 0 Å². The van der Waals surface area contributed by atoms with Gasteiger partial charge in [0.25, 0.3) is 0 Å². The van der Waals surface area contributed by atoms with Crippen molar-refractivity contribution in [3.8, 4) is 0 Å². The Balaban J connectivity index is 1.40. The minimum absolute atomic E-state index is 0.565. The molecule has 23 heavy (non-hydrogen) atoms. The average Bonchev–Trinajstić information content (AvgIpc) is 3.24. The molecule has 0 aliphatic carbocycles. The zero-order valence-corrected chi connectivity index (χ0v) is 14.1. The van der Waals surface area contributed by atoms with Gasteiger partial charge >= 0.3 is 0 Å². The fourth-order valence-electron chi connectivity index (χ4n) is 3.63. The van der Waals surface area contributed by atoms with Crippen LogP contribution in [0.3, 0.4) is 0 Å². The highest BCUT2D eigenvalue weighted by atomic mass is 35.5. The molecule has 0 spiro atoms. The van der Waals surface area contributed by atoms with Crippen LogP contribution in [0.2, 0.25) is 5.02 Å². The summed E-state index contributed by atoms with van der Waals surface area (Å²) in [5.74, 6) is 1.78. The molecule has 1 saturated heterocycles. The van der Waals surface area contributed by atoms with Gasteiger partial charge in [-0.25, -0.2) is 4.98 Å². The molecule has 1 fully saturated rings. The van der Waals surface area contributed by atoms with Crippen molar-refractivity contribution >= 4 is 22.5 Å². The maximum Gasteiger partial charge on any atom is 0.112 e. The summed E-state index contributed by atoms with van der Waals surface area (Å²) in [6, 6.07) is 8.24. The van der Waals surface area contributed by atoms with Crippen molar-refractivity contribution in [2.45, 2.75) is 18.9 Å². The van der Waals surface area contributed by atoms with E-state index in [1.54, 1.807) is 0 Å². The molecule has 4 rings (SSSR count). The van der Waals surface area contributed by atoms with Crippen molar-refractivity contribution in [2.75, 3.05) is 19.6 Å². The molecule has 3 aromatic rings. The zero-order chi connectivity index (χ0) is 15.8. The number of imidazole rings is 1. The fraction of sp³-hybridized carbons (Fsp3) is 0.389. The van der Waals surface area contributed by atoms with E-state index in [1.807, 2.05) is 24.5 Å². The van der Waals surface area contributed by atoms with E-state index in [4.69, 9.17) is 11.6 Å². The van der Waals surface area contributed by atoms with Crippen LogP contribution in [0.25, 0.3) is 10.9 Å². The molecule has 4 nitrogen and oxygen atoms in total. The van der Waals surface area contributed by atoms with Crippen molar-refractivity contribution < 1.29 is 0 Å². The number of nitrogens with zero attached hydrogens (tertiary/aromatic N) is 4. The van der Waals surface area contributed by atoms with Gasteiger partial charge in [-0.1, -0.05) is 11.6 Å². The van der Waals surface area contributed by atoms with Gasteiger partial charge in [-0.2, -0.15) is 0 Å². The lowest BCUT2D eigenvalue weighted by atomic mass is 10.1. The second kappa shape index (κ2) is 6.02. The predicted molar refractivity (Wildman–Crippen MR) is 94.0 cm³/mol. The molecule has 0 N–H and O–H groups in total. The Labute approximate surface area is 141 Å². The zero-order valence-electron chi connectivity index (χ0n) is 13.3. The van der Waals surface area contributed by atoms with Gasteiger partial charge in [-0.15, -0.1) is 0 Å². The number of rotatable bonds is 4. The van der Waals surface area contributed by atoms with Crippen molar-refractivity contribution in [1.82, 2.24) is 19.0 Å². The molecule has 1 aromatic carbocycles. The Morgan fingerprint density at radius 3 is 2.96 bits per heavy atom. The number of likely N-dealkylation sites (tertiary alicyclic amines) is 1. The van der Waals surface area contributed by atoms with Gasteiger partial charge in [0.15, 0.2) is 0 Å². The molecule has 120 valence electrons. The van der Waals surface area contributed by atoms with E-state index in [2.05, 4.69) is 44.4 Å². The summed E-state index contributed by atoms with van der Waals surface area (Å²) in [6.45, 7) is 4.35. The quantitative estimate of drug-likeness (QED) is 0.732. The molecule has 1 aliphatic heterocycles. The molecule has 0 saturated carbocycles. The van der Waals surface area contributed by atoms with Crippen LogP contribution in [-0.4, -0.2) is 38.7 Å². The number of aryl methyl sites for hydroxylation is 1. The van der Waals surface area contributed by atoms with E-state index in [9.17, 15) is 0 Å². The lowest BCUT2D eigenvalue weighted by Crippen LogP contribution is -2.25. The highest BCUT2D eigenvalue weighted by Gasteiger charge is 2.26. The molecular formula is C18H21ClN4. The van der Waals surface area contributed by atoms with Crippen LogP contribution in [0.15, 0.2) is 42.9 Å². The average molecular weight is 329 g/mol. The maximum absolute atomic E-state index is 6.06. The number of benzene rings is 1. The minimum atomic E-state index is 0.565. The van der Waals surface area contributed by atoms with Crippen LogP contribution in [-0.2, 0) is 13.6 Å². The Morgan fingerprint density at radius 1 is 1.22 bits per heavy atom. The SMILES string of the molecule is Cn1ccnc1C1CCN(CCn2ccc3cc(Cl)ccc32)C1. The monoisotopic (exact) mass is 328 g/mol. The molecule has 3 heterocycles. The summed E-state index contributed by atoms with van der Waals surface area (Å²) < 4.78 is 4.47. The molecular weight excluding hydrogens is 308 g/mol. The first-order valence-corrected chi connectivity index (χ1v) is 8.52. The largest absolute Gasteiger partial charge is 0.346 e. The smallest absolute Gasteiger partial charge is 0.112 e. The van der Waals surface area contributed by atoms with Crippen molar-refractivity contribution in [2.24, 2.45) is 7.05 Å². The summed E-state index contributed by atoms with van der Waals surface area (Å²) in [4.78, 5) is 7.05. The first-order chi connectivity index (χ1) is 11.2. The third kappa shape index (κ3) is 2.89. The summed E-state index contributed by atoms with van der Waals surface area (Å²) >= 11 is 6.06. The Morgan fingerprint density at radius 2 is 2.13 bits per heavy atom. The highest BCUT2D eigenvalue weighted by molar-refractivity contribution is 6.31. The number of fused-ring (bicyclic) bond motifs is 1. The van der Waals surface area contributed by atoms with Gasteiger partial charge < -0.3 is 14.0 Å². The third-order valence-electron chi connectivity index (χ3n) is 4.89.